The molecule has 3 heterocycles. The molecule has 4 rings (SSSR count). The van der Waals surface area contributed by atoms with Gasteiger partial charge in [-0.3, -0.25) is 4.79 Å². The lowest BCUT2D eigenvalue weighted by molar-refractivity contribution is 0.0938. The Bertz CT molecular complexity index is 1050. The van der Waals surface area contributed by atoms with Crippen LogP contribution in [0.2, 0.25) is 0 Å². The fraction of sp³-hybridized carbons (Fsp3) is 0.235. The van der Waals surface area contributed by atoms with Gasteiger partial charge in [-0.25, -0.2) is 4.98 Å². The quantitative estimate of drug-likeness (QED) is 0.577. The van der Waals surface area contributed by atoms with Crippen LogP contribution in [0.15, 0.2) is 30.6 Å². The Hall–Kier alpha value is -3.07. The van der Waals surface area contributed by atoms with Gasteiger partial charge >= 0.3 is 0 Å². The molecule has 2 N–H and O–H groups in total. The number of imidazole rings is 1. The average molecular weight is 367 g/mol. The molecule has 9 heteroatoms. The summed E-state index contributed by atoms with van der Waals surface area (Å²) in [7, 11) is 0. The second-order valence-electron chi connectivity index (χ2n) is 6.05. The first-order valence-electron chi connectivity index (χ1n) is 8.13. The molecule has 0 radical (unpaired) electrons. The number of amides is 1. The number of tetrazole rings is 1. The topological polar surface area (TPSA) is 101 Å². The number of hydrogen-bond donors (Lipinski definition) is 2. The highest BCUT2D eigenvalue weighted by atomic mass is 32.1. The zero-order valence-electron chi connectivity index (χ0n) is 14.5. The van der Waals surface area contributed by atoms with Crippen LogP contribution in [-0.4, -0.2) is 36.1 Å². The van der Waals surface area contributed by atoms with Crippen molar-refractivity contribution in [1.29, 1.82) is 0 Å². The van der Waals surface area contributed by atoms with Crippen LogP contribution in [0.25, 0.3) is 16.0 Å². The fourth-order valence-electron chi connectivity index (χ4n) is 2.81. The van der Waals surface area contributed by atoms with Crippen LogP contribution < -0.4 is 5.32 Å². The van der Waals surface area contributed by atoms with Crippen LogP contribution in [-0.2, 0) is 0 Å². The molecule has 0 saturated heterocycles. The summed E-state index contributed by atoms with van der Waals surface area (Å²) >= 11 is 1.49. The summed E-state index contributed by atoms with van der Waals surface area (Å²) in [6.45, 7) is 5.81. The first-order valence-corrected chi connectivity index (χ1v) is 8.95. The molecule has 0 aliphatic rings. The van der Waals surface area contributed by atoms with E-state index < -0.39 is 0 Å². The molecule has 1 amide bonds. The predicted octanol–water partition coefficient (Wildman–Crippen LogP) is 2.71. The van der Waals surface area contributed by atoms with Crippen LogP contribution in [0, 0.1) is 13.8 Å². The second kappa shape index (κ2) is 6.34. The first-order chi connectivity index (χ1) is 12.5. The van der Waals surface area contributed by atoms with Gasteiger partial charge < -0.3 is 10.3 Å². The van der Waals surface area contributed by atoms with E-state index in [1.807, 2.05) is 45.0 Å². The number of aromatic amines is 1. The van der Waals surface area contributed by atoms with E-state index in [1.165, 1.54) is 22.3 Å². The molecule has 26 heavy (non-hydrogen) atoms. The summed E-state index contributed by atoms with van der Waals surface area (Å²) in [4.78, 5) is 21.8. The Morgan fingerprint density at radius 2 is 2.12 bits per heavy atom. The van der Waals surface area contributed by atoms with E-state index in [4.69, 9.17) is 0 Å². The highest BCUT2D eigenvalue weighted by Crippen LogP contribution is 2.30. The molecule has 8 nitrogen and oxygen atoms in total. The monoisotopic (exact) mass is 367 g/mol. The third-order valence-corrected chi connectivity index (χ3v) is 5.51. The number of nitrogens with zero attached hydrogens (tertiary/aromatic N) is 5. The summed E-state index contributed by atoms with van der Waals surface area (Å²) in [6, 6.07) is 7.51. The number of nitrogens with one attached hydrogen (secondary N) is 2. The molecule has 0 aliphatic carbocycles. The first kappa shape index (κ1) is 16.4. The van der Waals surface area contributed by atoms with Crippen molar-refractivity contribution in [2.24, 2.45) is 0 Å². The van der Waals surface area contributed by atoms with Gasteiger partial charge in [0.25, 0.3) is 5.91 Å². The molecule has 0 saturated carbocycles. The van der Waals surface area contributed by atoms with Gasteiger partial charge in [-0.1, -0.05) is 12.1 Å². The van der Waals surface area contributed by atoms with Crippen molar-refractivity contribution in [2.75, 3.05) is 0 Å². The Labute approximate surface area is 153 Å². The van der Waals surface area contributed by atoms with E-state index in [1.54, 1.807) is 0 Å². The van der Waals surface area contributed by atoms with Gasteiger partial charge in [0.2, 0.25) is 0 Å². The molecule has 0 bridgehead atoms. The van der Waals surface area contributed by atoms with Gasteiger partial charge in [0.1, 0.15) is 17.2 Å². The molecule has 0 fully saturated rings. The Morgan fingerprint density at radius 1 is 1.31 bits per heavy atom. The van der Waals surface area contributed by atoms with E-state index in [9.17, 15) is 4.79 Å². The summed E-state index contributed by atoms with van der Waals surface area (Å²) in [6.07, 6.45) is 1.49. The van der Waals surface area contributed by atoms with E-state index >= 15 is 0 Å². The van der Waals surface area contributed by atoms with Gasteiger partial charge in [-0.05, 0) is 48.9 Å². The maximum absolute atomic E-state index is 13.0. The third-order valence-electron chi connectivity index (χ3n) is 4.32. The number of carbonyl (C=O) groups excluding carboxylic acids is 1. The molecule has 132 valence electrons. The molecule has 0 aliphatic heterocycles. The largest absolute Gasteiger partial charge is 0.342 e. The minimum atomic E-state index is -0.267. The molecule has 0 spiro atoms. The average Bonchev–Trinajstić information content (AvgIpc) is 3.34. The molecule has 1 atom stereocenters. The Balaban J connectivity index is 1.64. The van der Waals surface area contributed by atoms with Gasteiger partial charge in [-0.2, -0.15) is 4.68 Å². The van der Waals surface area contributed by atoms with Gasteiger partial charge in [-0.15, -0.1) is 16.4 Å². The van der Waals surface area contributed by atoms with Crippen molar-refractivity contribution in [3.8, 4) is 5.00 Å². The van der Waals surface area contributed by atoms with E-state index in [2.05, 4.69) is 30.8 Å². The van der Waals surface area contributed by atoms with Crippen molar-refractivity contribution < 1.29 is 4.79 Å². The Morgan fingerprint density at radius 3 is 2.85 bits per heavy atom. The number of carbonyl (C=O) groups is 1. The zero-order valence-corrected chi connectivity index (χ0v) is 15.3. The number of fused-ring (bicyclic) bond motifs is 1. The number of thiophene rings is 1. The molecular formula is C17H17N7OS. The SMILES string of the molecule is Cc1sc(-n2cnnn2)c(C(=O)N[C@@H](C)c2nc3ccccc3[nH]2)c1C. The van der Waals surface area contributed by atoms with E-state index in [0.717, 1.165) is 21.5 Å². The maximum Gasteiger partial charge on any atom is 0.255 e. The summed E-state index contributed by atoms with van der Waals surface area (Å²) in [5, 5.41) is 15.0. The van der Waals surface area contributed by atoms with Crippen LogP contribution in [0.4, 0.5) is 0 Å². The summed E-state index contributed by atoms with van der Waals surface area (Å²) in [5.41, 5.74) is 3.33. The van der Waals surface area contributed by atoms with Crippen molar-refractivity contribution in [1.82, 2.24) is 35.5 Å². The number of H-pyrrole nitrogens is 1. The maximum atomic E-state index is 13.0. The third kappa shape index (κ3) is 2.76. The number of aromatic nitrogens is 6. The van der Waals surface area contributed by atoms with Crippen LogP contribution >= 0.6 is 11.3 Å². The van der Waals surface area contributed by atoms with E-state index in [0.29, 0.717) is 16.4 Å². The second-order valence-corrected chi connectivity index (χ2v) is 7.26. The minimum Gasteiger partial charge on any atom is -0.342 e. The number of para-hydroxylation sites is 2. The summed E-state index contributed by atoms with van der Waals surface area (Å²) in [5.74, 6) is 0.540. The standard InChI is InChI=1S/C17H17N7OS/c1-9-11(3)26-17(24-8-18-22-23-24)14(9)16(25)19-10(2)15-20-12-6-4-5-7-13(12)21-15/h4-8,10H,1-3H3,(H,19,25)(H,20,21)/t10-/m0/s1. The van der Waals surface area contributed by atoms with Gasteiger partial charge in [0.05, 0.1) is 22.6 Å². The molecule has 1 aromatic carbocycles. The molecule has 4 aromatic rings. The van der Waals surface area contributed by atoms with Crippen molar-refractivity contribution in [3.05, 3.63) is 52.4 Å². The number of aryl methyl sites for hydroxylation is 1. The van der Waals surface area contributed by atoms with Gasteiger partial charge in [0.15, 0.2) is 0 Å². The van der Waals surface area contributed by atoms with Crippen molar-refractivity contribution >= 4 is 28.3 Å². The van der Waals surface area contributed by atoms with Crippen LogP contribution in [0.1, 0.15) is 39.6 Å². The predicted molar refractivity (Wildman–Crippen MR) is 98.5 cm³/mol. The molecule has 3 aromatic heterocycles. The number of rotatable bonds is 4. The minimum absolute atomic E-state index is 0.176. The van der Waals surface area contributed by atoms with Crippen molar-refractivity contribution in [3.63, 3.8) is 0 Å². The van der Waals surface area contributed by atoms with Gasteiger partial charge in [0, 0.05) is 4.88 Å². The highest BCUT2D eigenvalue weighted by molar-refractivity contribution is 7.15. The number of hydrogen-bond acceptors (Lipinski definition) is 6. The lowest BCUT2D eigenvalue weighted by atomic mass is 10.1. The normalized spacial score (nSPS) is 12.4. The summed E-state index contributed by atoms with van der Waals surface area (Å²) < 4.78 is 1.52. The lowest BCUT2D eigenvalue weighted by Gasteiger charge is -2.12. The smallest absolute Gasteiger partial charge is 0.255 e. The molecular weight excluding hydrogens is 350 g/mol. The van der Waals surface area contributed by atoms with Crippen LogP contribution in [0.5, 0.6) is 0 Å². The zero-order chi connectivity index (χ0) is 18.3. The Kier molecular flexibility index (Phi) is 4.00. The lowest BCUT2D eigenvalue weighted by Crippen LogP contribution is -2.28. The number of benzene rings is 1. The van der Waals surface area contributed by atoms with E-state index in [-0.39, 0.29) is 11.9 Å². The molecule has 0 unspecified atom stereocenters. The van der Waals surface area contributed by atoms with Crippen LogP contribution in [0.3, 0.4) is 0 Å². The highest BCUT2D eigenvalue weighted by Gasteiger charge is 2.23. The van der Waals surface area contributed by atoms with Crippen molar-refractivity contribution in [2.45, 2.75) is 26.8 Å². The fourth-order valence-corrected chi connectivity index (χ4v) is 3.88.